The van der Waals surface area contributed by atoms with Crippen molar-refractivity contribution in [2.45, 2.75) is 6.92 Å². The molecule has 0 spiro atoms. The Kier molecular flexibility index (Phi) is 5.89. The molecule has 0 unspecified atom stereocenters. The number of nitrogens with one attached hydrogen (secondary N) is 2. The van der Waals surface area contributed by atoms with Gasteiger partial charge < -0.3 is 4.74 Å². The molecule has 0 saturated heterocycles. The average molecular weight is 280 g/mol. The molecular formula is C13H13FN2O4. The van der Waals surface area contributed by atoms with Crippen LogP contribution in [0.25, 0.3) is 6.08 Å². The number of esters is 1. The van der Waals surface area contributed by atoms with E-state index in [1.807, 2.05) is 10.9 Å². The van der Waals surface area contributed by atoms with Gasteiger partial charge in [0.2, 0.25) is 5.91 Å². The maximum Gasteiger partial charge on any atom is 0.331 e. The zero-order chi connectivity index (χ0) is 15.0. The standard InChI is InChI=1S/C13H13FN2O4/c1-9(17)15-16-12(18)8-20-13(19)6-5-10-3-2-4-11(14)7-10/h2-7H,8H2,1H3,(H,15,17)(H,16,18)/b6-5+. The van der Waals surface area contributed by atoms with Crippen LogP contribution in [-0.4, -0.2) is 24.4 Å². The Morgan fingerprint density at radius 2 is 2.05 bits per heavy atom. The van der Waals surface area contributed by atoms with Crippen molar-refractivity contribution < 1.29 is 23.5 Å². The number of rotatable bonds is 4. The van der Waals surface area contributed by atoms with Crippen molar-refractivity contribution in [1.82, 2.24) is 10.9 Å². The van der Waals surface area contributed by atoms with E-state index in [2.05, 4.69) is 4.74 Å². The van der Waals surface area contributed by atoms with Gasteiger partial charge in [0, 0.05) is 13.0 Å². The lowest BCUT2D eigenvalue weighted by Crippen LogP contribution is -2.42. The zero-order valence-corrected chi connectivity index (χ0v) is 10.7. The molecule has 0 aromatic heterocycles. The van der Waals surface area contributed by atoms with Crippen molar-refractivity contribution >= 4 is 23.9 Å². The van der Waals surface area contributed by atoms with Crippen LogP contribution in [-0.2, 0) is 19.1 Å². The summed E-state index contributed by atoms with van der Waals surface area (Å²) in [7, 11) is 0. The number of ether oxygens (including phenoxy) is 1. The van der Waals surface area contributed by atoms with Crippen LogP contribution in [0.1, 0.15) is 12.5 Å². The predicted molar refractivity (Wildman–Crippen MR) is 68.4 cm³/mol. The van der Waals surface area contributed by atoms with Gasteiger partial charge in [-0.3, -0.25) is 20.4 Å². The highest BCUT2D eigenvalue weighted by molar-refractivity contribution is 5.89. The van der Waals surface area contributed by atoms with Crippen LogP contribution in [0.5, 0.6) is 0 Å². The maximum atomic E-state index is 12.9. The lowest BCUT2D eigenvalue weighted by molar-refractivity contribution is -0.144. The second-order valence-electron chi connectivity index (χ2n) is 3.73. The van der Waals surface area contributed by atoms with Gasteiger partial charge in [-0.05, 0) is 23.8 Å². The van der Waals surface area contributed by atoms with Crippen LogP contribution >= 0.6 is 0 Å². The molecule has 0 bridgehead atoms. The second-order valence-corrected chi connectivity index (χ2v) is 3.73. The van der Waals surface area contributed by atoms with Crippen molar-refractivity contribution in [2.75, 3.05) is 6.61 Å². The fraction of sp³-hybridized carbons (Fsp3) is 0.154. The first-order valence-electron chi connectivity index (χ1n) is 5.63. The molecule has 0 radical (unpaired) electrons. The highest BCUT2D eigenvalue weighted by Gasteiger charge is 2.04. The van der Waals surface area contributed by atoms with Gasteiger partial charge in [-0.25, -0.2) is 9.18 Å². The molecule has 6 nitrogen and oxygen atoms in total. The molecule has 0 atom stereocenters. The average Bonchev–Trinajstić information content (AvgIpc) is 2.40. The van der Waals surface area contributed by atoms with E-state index in [0.29, 0.717) is 5.56 Å². The molecule has 0 aliphatic carbocycles. The lowest BCUT2D eigenvalue weighted by Gasteiger charge is -2.04. The summed E-state index contributed by atoms with van der Waals surface area (Å²) < 4.78 is 17.5. The molecular weight excluding hydrogens is 267 g/mol. The molecule has 0 aliphatic rings. The number of hydrazine groups is 1. The second kappa shape index (κ2) is 7.67. The highest BCUT2D eigenvalue weighted by Crippen LogP contribution is 2.05. The van der Waals surface area contributed by atoms with E-state index in [9.17, 15) is 18.8 Å². The Bertz CT molecular complexity index is 543. The van der Waals surface area contributed by atoms with Gasteiger partial charge in [0.05, 0.1) is 0 Å². The number of carbonyl (C=O) groups is 3. The van der Waals surface area contributed by atoms with E-state index in [1.165, 1.54) is 31.2 Å². The van der Waals surface area contributed by atoms with Gasteiger partial charge in [0.25, 0.3) is 5.91 Å². The summed E-state index contributed by atoms with van der Waals surface area (Å²) >= 11 is 0. The minimum Gasteiger partial charge on any atom is -0.452 e. The zero-order valence-electron chi connectivity index (χ0n) is 10.7. The third-order valence-electron chi connectivity index (χ3n) is 1.98. The van der Waals surface area contributed by atoms with Gasteiger partial charge in [-0.15, -0.1) is 0 Å². The molecule has 20 heavy (non-hydrogen) atoms. The summed E-state index contributed by atoms with van der Waals surface area (Å²) in [6.07, 6.45) is 2.43. The summed E-state index contributed by atoms with van der Waals surface area (Å²) in [5, 5.41) is 0. The van der Waals surface area contributed by atoms with Crippen LogP contribution in [0.2, 0.25) is 0 Å². The monoisotopic (exact) mass is 280 g/mol. The summed E-state index contributed by atoms with van der Waals surface area (Å²) in [5.41, 5.74) is 4.56. The first-order valence-corrected chi connectivity index (χ1v) is 5.63. The molecule has 2 N–H and O–H groups in total. The van der Waals surface area contributed by atoms with Gasteiger partial charge in [0.15, 0.2) is 6.61 Å². The maximum absolute atomic E-state index is 12.9. The van der Waals surface area contributed by atoms with Gasteiger partial charge in [0.1, 0.15) is 5.82 Å². The minimum absolute atomic E-state index is 0.421. The Morgan fingerprint density at radius 3 is 2.70 bits per heavy atom. The summed E-state index contributed by atoms with van der Waals surface area (Å²) in [4.78, 5) is 32.9. The smallest absolute Gasteiger partial charge is 0.331 e. The SMILES string of the molecule is CC(=O)NNC(=O)COC(=O)/C=C/c1cccc(F)c1. The van der Waals surface area contributed by atoms with E-state index in [4.69, 9.17) is 0 Å². The topological polar surface area (TPSA) is 84.5 Å². The largest absolute Gasteiger partial charge is 0.452 e. The van der Waals surface area contributed by atoms with Crippen LogP contribution in [0.3, 0.4) is 0 Å². The third-order valence-corrected chi connectivity index (χ3v) is 1.98. The molecule has 7 heteroatoms. The van der Waals surface area contributed by atoms with E-state index < -0.39 is 30.2 Å². The van der Waals surface area contributed by atoms with Crippen molar-refractivity contribution in [3.8, 4) is 0 Å². The van der Waals surface area contributed by atoms with Gasteiger partial charge in [-0.1, -0.05) is 12.1 Å². The van der Waals surface area contributed by atoms with E-state index in [0.717, 1.165) is 6.08 Å². The fourth-order valence-corrected chi connectivity index (χ4v) is 1.15. The molecule has 0 fully saturated rings. The normalized spacial score (nSPS) is 10.1. The highest BCUT2D eigenvalue weighted by atomic mass is 19.1. The molecule has 1 aromatic carbocycles. The summed E-state index contributed by atoms with van der Waals surface area (Å²) in [6.45, 7) is 0.681. The molecule has 0 saturated carbocycles. The third kappa shape index (κ3) is 6.29. The molecule has 0 heterocycles. The van der Waals surface area contributed by atoms with Crippen LogP contribution < -0.4 is 10.9 Å². The molecule has 2 amide bonds. The molecule has 1 rings (SSSR count). The van der Waals surface area contributed by atoms with E-state index in [1.54, 1.807) is 6.07 Å². The number of benzene rings is 1. The fourth-order valence-electron chi connectivity index (χ4n) is 1.15. The summed E-state index contributed by atoms with van der Waals surface area (Å²) in [6, 6.07) is 5.63. The van der Waals surface area contributed by atoms with Crippen molar-refractivity contribution in [2.24, 2.45) is 0 Å². The van der Waals surface area contributed by atoms with Crippen molar-refractivity contribution in [3.05, 3.63) is 41.7 Å². The minimum atomic E-state index is -0.757. The van der Waals surface area contributed by atoms with Crippen LogP contribution in [0.4, 0.5) is 4.39 Å². The molecule has 1 aromatic rings. The van der Waals surface area contributed by atoms with E-state index in [-0.39, 0.29) is 0 Å². The van der Waals surface area contributed by atoms with Crippen molar-refractivity contribution in [1.29, 1.82) is 0 Å². The molecule has 0 aliphatic heterocycles. The Hall–Kier alpha value is -2.70. The number of halogens is 1. The first-order chi connectivity index (χ1) is 9.47. The van der Waals surface area contributed by atoms with Crippen LogP contribution in [0.15, 0.2) is 30.3 Å². The lowest BCUT2D eigenvalue weighted by atomic mass is 10.2. The number of amides is 2. The number of hydrogen-bond acceptors (Lipinski definition) is 4. The van der Waals surface area contributed by atoms with Crippen molar-refractivity contribution in [3.63, 3.8) is 0 Å². The predicted octanol–water partition coefficient (Wildman–Crippen LogP) is 0.549. The van der Waals surface area contributed by atoms with E-state index >= 15 is 0 Å². The summed E-state index contributed by atoms with van der Waals surface area (Å²) in [5.74, 6) is -2.30. The Labute approximate surface area is 114 Å². The number of hydrogen-bond donors (Lipinski definition) is 2. The first kappa shape index (κ1) is 15.4. The Balaban J connectivity index is 2.36. The Morgan fingerprint density at radius 1 is 1.30 bits per heavy atom. The van der Waals surface area contributed by atoms with Crippen LogP contribution in [0, 0.1) is 5.82 Å². The molecule has 106 valence electrons. The quantitative estimate of drug-likeness (QED) is 0.479. The van der Waals surface area contributed by atoms with Gasteiger partial charge >= 0.3 is 5.97 Å². The van der Waals surface area contributed by atoms with Gasteiger partial charge in [-0.2, -0.15) is 0 Å². The number of carbonyl (C=O) groups excluding carboxylic acids is 3.